The molecule has 1 fully saturated rings. The predicted molar refractivity (Wildman–Crippen MR) is 76.2 cm³/mol. The largest absolute Gasteiger partial charge is 0.396 e. The molecular formula is C14H22N2O2S. The highest BCUT2D eigenvalue weighted by molar-refractivity contribution is 7.09. The lowest BCUT2D eigenvalue weighted by Crippen LogP contribution is -2.44. The lowest BCUT2D eigenvalue weighted by molar-refractivity contribution is -0.121. The van der Waals surface area contributed by atoms with E-state index in [4.69, 9.17) is 0 Å². The van der Waals surface area contributed by atoms with Crippen LogP contribution in [-0.2, 0) is 17.6 Å². The van der Waals surface area contributed by atoms with Crippen molar-refractivity contribution >= 4 is 17.2 Å². The normalized spacial score (nSPS) is 23.3. The second kappa shape index (κ2) is 7.01. The second-order valence-electron chi connectivity index (χ2n) is 5.16. The molecule has 0 aromatic carbocycles. The van der Waals surface area contributed by atoms with Gasteiger partial charge < -0.3 is 10.4 Å². The number of amides is 1. The number of rotatable bonds is 5. The molecule has 1 amide bonds. The fourth-order valence-corrected chi connectivity index (χ4v) is 3.38. The van der Waals surface area contributed by atoms with Crippen LogP contribution in [0, 0.1) is 5.92 Å². The second-order valence-corrected chi connectivity index (χ2v) is 6.11. The third-order valence-corrected chi connectivity index (χ3v) is 4.78. The maximum Gasteiger partial charge on any atom is 0.226 e. The van der Waals surface area contributed by atoms with Crippen LogP contribution >= 0.6 is 11.3 Å². The molecule has 19 heavy (non-hydrogen) atoms. The van der Waals surface area contributed by atoms with E-state index in [1.165, 1.54) is 0 Å². The molecule has 0 spiro atoms. The Kier molecular flexibility index (Phi) is 5.34. The Morgan fingerprint density at radius 1 is 1.53 bits per heavy atom. The standard InChI is InChI=1S/C14H22N2O2S/c1-2-14-15-11(9-19-14)7-13(18)16-12-6-4-3-5-10(12)8-17/h9-10,12,17H,2-8H2,1H3,(H,16,18). The summed E-state index contributed by atoms with van der Waals surface area (Å²) in [5.74, 6) is 0.248. The van der Waals surface area contributed by atoms with E-state index in [0.29, 0.717) is 6.42 Å². The van der Waals surface area contributed by atoms with Crippen molar-refractivity contribution in [2.45, 2.75) is 51.5 Å². The maximum absolute atomic E-state index is 12.0. The summed E-state index contributed by atoms with van der Waals surface area (Å²) in [4.78, 5) is 16.4. The van der Waals surface area contributed by atoms with E-state index in [1.807, 2.05) is 5.38 Å². The zero-order valence-electron chi connectivity index (χ0n) is 11.4. The molecule has 5 heteroatoms. The number of aliphatic hydroxyl groups is 1. The molecule has 2 rings (SSSR count). The lowest BCUT2D eigenvalue weighted by Gasteiger charge is -2.30. The van der Waals surface area contributed by atoms with Crippen molar-refractivity contribution in [2.75, 3.05) is 6.61 Å². The zero-order valence-corrected chi connectivity index (χ0v) is 12.2. The molecule has 4 nitrogen and oxygen atoms in total. The van der Waals surface area contributed by atoms with Crippen molar-refractivity contribution < 1.29 is 9.90 Å². The number of hydrogen-bond acceptors (Lipinski definition) is 4. The topological polar surface area (TPSA) is 62.2 Å². The van der Waals surface area contributed by atoms with E-state index in [2.05, 4.69) is 17.2 Å². The van der Waals surface area contributed by atoms with Crippen molar-refractivity contribution in [3.05, 3.63) is 16.1 Å². The molecule has 2 N–H and O–H groups in total. The molecule has 1 aromatic rings. The number of carbonyl (C=O) groups excluding carboxylic acids is 1. The van der Waals surface area contributed by atoms with E-state index in [0.717, 1.165) is 42.8 Å². The molecule has 0 saturated heterocycles. The SMILES string of the molecule is CCc1nc(CC(=O)NC2CCCCC2CO)cs1. The van der Waals surface area contributed by atoms with Crippen LogP contribution in [0.5, 0.6) is 0 Å². The fourth-order valence-electron chi connectivity index (χ4n) is 2.63. The molecule has 1 aliphatic rings. The van der Waals surface area contributed by atoms with Gasteiger partial charge in [0, 0.05) is 23.9 Å². The van der Waals surface area contributed by atoms with E-state index in [9.17, 15) is 9.90 Å². The fraction of sp³-hybridized carbons (Fsp3) is 0.714. The molecule has 2 atom stereocenters. The van der Waals surface area contributed by atoms with Crippen LogP contribution in [-0.4, -0.2) is 28.6 Å². The molecule has 1 saturated carbocycles. The first-order valence-electron chi connectivity index (χ1n) is 7.06. The molecule has 2 unspecified atom stereocenters. The van der Waals surface area contributed by atoms with Gasteiger partial charge in [-0.1, -0.05) is 19.8 Å². The van der Waals surface area contributed by atoms with Crippen LogP contribution in [0.25, 0.3) is 0 Å². The number of hydrogen-bond donors (Lipinski definition) is 2. The molecule has 0 radical (unpaired) electrons. The first-order chi connectivity index (χ1) is 9.22. The highest BCUT2D eigenvalue weighted by Gasteiger charge is 2.25. The van der Waals surface area contributed by atoms with Crippen molar-refractivity contribution in [3.8, 4) is 0 Å². The van der Waals surface area contributed by atoms with E-state index >= 15 is 0 Å². The van der Waals surface area contributed by atoms with Gasteiger partial charge >= 0.3 is 0 Å². The van der Waals surface area contributed by atoms with Crippen molar-refractivity contribution in [1.82, 2.24) is 10.3 Å². The predicted octanol–water partition coefficient (Wildman–Crippen LogP) is 1.92. The van der Waals surface area contributed by atoms with Crippen LogP contribution in [0.15, 0.2) is 5.38 Å². The lowest BCUT2D eigenvalue weighted by atomic mass is 9.85. The minimum absolute atomic E-state index is 0.0262. The summed E-state index contributed by atoms with van der Waals surface area (Å²) >= 11 is 1.61. The number of thiazole rings is 1. The number of aliphatic hydroxyl groups excluding tert-OH is 1. The van der Waals surface area contributed by atoms with Crippen LogP contribution in [0.2, 0.25) is 0 Å². The molecular weight excluding hydrogens is 260 g/mol. The Hall–Kier alpha value is -0.940. The zero-order chi connectivity index (χ0) is 13.7. The van der Waals surface area contributed by atoms with Gasteiger partial charge in [0.1, 0.15) is 0 Å². The van der Waals surface area contributed by atoms with Gasteiger partial charge in [-0.3, -0.25) is 4.79 Å². The van der Waals surface area contributed by atoms with E-state index in [-0.39, 0.29) is 24.5 Å². The van der Waals surface area contributed by atoms with Gasteiger partial charge in [-0.25, -0.2) is 4.98 Å². The average Bonchev–Trinajstić information content (AvgIpc) is 2.87. The highest BCUT2D eigenvalue weighted by Crippen LogP contribution is 2.24. The van der Waals surface area contributed by atoms with Gasteiger partial charge in [0.2, 0.25) is 5.91 Å². The number of aromatic nitrogens is 1. The summed E-state index contributed by atoms with van der Waals surface area (Å²) in [6.07, 6.45) is 5.56. The van der Waals surface area contributed by atoms with Crippen molar-refractivity contribution in [3.63, 3.8) is 0 Å². The maximum atomic E-state index is 12.0. The Balaban J connectivity index is 1.86. The van der Waals surface area contributed by atoms with Crippen LogP contribution in [0.1, 0.15) is 43.3 Å². The van der Waals surface area contributed by atoms with Crippen molar-refractivity contribution in [2.24, 2.45) is 5.92 Å². The van der Waals surface area contributed by atoms with Crippen LogP contribution in [0.4, 0.5) is 0 Å². The Labute approximate surface area is 118 Å². The third kappa shape index (κ3) is 4.01. The smallest absolute Gasteiger partial charge is 0.226 e. The first-order valence-corrected chi connectivity index (χ1v) is 7.94. The number of aryl methyl sites for hydroxylation is 1. The number of nitrogens with one attached hydrogen (secondary N) is 1. The van der Waals surface area contributed by atoms with Gasteiger partial charge in [0.15, 0.2) is 0 Å². The number of nitrogens with zero attached hydrogens (tertiary/aromatic N) is 1. The molecule has 106 valence electrons. The Morgan fingerprint density at radius 2 is 2.32 bits per heavy atom. The van der Waals surface area contributed by atoms with Gasteiger partial charge in [-0.2, -0.15) is 0 Å². The summed E-state index contributed by atoms with van der Waals surface area (Å²) in [6.45, 7) is 2.23. The molecule has 0 aliphatic heterocycles. The summed E-state index contributed by atoms with van der Waals surface area (Å²) < 4.78 is 0. The average molecular weight is 282 g/mol. The molecule has 0 bridgehead atoms. The quantitative estimate of drug-likeness (QED) is 0.867. The van der Waals surface area contributed by atoms with Gasteiger partial charge in [0.05, 0.1) is 17.1 Å². The first kappa shape index (κ1) is 14.5. The Morgan fingerprint density at radius 3 is 3.00 bits per heavy atom. The monoisotopic (exact) mass is 282 g/mol. The van der Waals surface area contributed by atoms with Gasteiger partial charge in [-0.15, -0.1) is 11.3 Å². The van der Waals surface area contributed by atoms with Crippen LogP contribution in [0.3, 0.4) is 0 Å². The highest BCUT2D eigenvalue weighted by atomic mass is 32.1. The summed E-state index contributed by atoms with van der Waals surface area (Å²) in [7, 11) is 0. The molecule has 1 aliphatic carbocycles. The third-order valence-electron chi connectivity index (χ3n) is 3.73. The molecule has 1 heterocycles. The Bertz CT molecular complexity index is 419. The van der Waals surface area contributed by atoms with E-state index < -0.39 is 0 Å². The summed E-state index contributed by atoms with van der Waals surface area (Å²) in [5, 5.41) is 15.4. The summed E-state index contributed by atoms with van der Waals surface area (Å²) in [6, 6.07) is 0.135. The minimum atomic E-state index is 0.0262. The number of carbonyl (C=O) groups is 1. The summed E-state index contributed by atoms with van der Waals surface area (Å²) in [5.41, 5.74) is 0.857. The molecule has 1 aromatic heterocycles. The van der Waals surface area contributed by atoms with Crippen LogP contribution < -0.4 is 5.32 Å². The van der Waals surface area contributed by atoms with Crippen molar-refractivity contribution in [1.29, 1.82) is 0 Å². The minimum Gasteiger partial charge on any atom is -0.396 e. The van der Waals surface area contributed by atoms with E-state index in [1.54, 1.807) is 11.3 Å². The van der Waals surface area contributed by atoms with Gasteiger partial charge in [0.25, 0.3) is 0 Å². The van der Waals surface area contributed by atoms with Gasteiger partial charge in [-0.05, 0) is 19.3 Å².